The highest BCUT2D eigenvalue weighted by atomic mass is 79.9. The molecule has 5 heteroatoms. The van der Waals surface area contributed by atoms with Crippen LogP contribution in [0.3, 0.4) is 0 Å². The third kappa shape index (κ3) is 1.63. The van der Waals surface area contributed by atoms with Gasteiger partial charge in [-0.05, 0) is 22.0 Å². The number of nitrogen functional groups attached to an aromatic ring is 1. The molecule has 0 bridgehead atoms. The molecular formula is C10H9BrFN3. The minimum absolute atomic E-state index is 0.309. The molecule has 0 aliphatic rings. The quantitative estimate of drug-likeness (QED) is 0.865. The summed E-state index contributed by atoms with van der Waals surface area (Å²) in [6, 6.07) is 4.82. The number of hydrogen-bond acceptors (Lipinski definition) is 2. The largest absolute Gasteiger partial charge is 0.383 e. The van der Waals surface area contributed by atoms with Crippen LogP contribution in [0.15, 0.2) is 28.9 Å². The first-order valence-electron chi connectivity index (χ1n) is 4.33. The number of aromatic nitrogens is 2. The van der Waals surface area contributed by atoms with Gasteiger partial charge in [0.1, 0.15) is 11.6 Å². The van der Waals surface area contributed by atoms with Crippen LogP contribution >= 0.6 is 15.9 Å². The molecule has 15 heavy (non-hydrogen) atoms. The minimum Gasteiger partial charge on any atom is -0.383 e. The summed E-state index contributed by atoms with van der Waals surface area (Å²) in [5.74, 6) is 0.206. The number of halogens is 2. The molecule has 0 unspecified atom stereocenters. The van der Waals surface area contributed by atoms with Crippen molar-refractivity contribution in [3.05, 3.63) is 34.7 Å². The van der Waals surface area contributed by atoms with Gasteiger partial charge in [0.15, 0.2) is 0 Å². The Kier molecular flexibility index (Phi) is 2.48. The maximum absolute atomic E-state index is 13.3. The third-order valence-electron chi connectivity index (χ3n) is 2.23. The number of rotatable bonds is 1. The van der Waals surface area contributed by atoms with Crippen molar-refractivity contribution in [1.82, 2.24) is 9.78 Å². The Morgan fingerprint density at radius 1 is 1.40 bits per heavy atom. The molecule has 78 valence electrons. The van der Waals surface area contributed by atoms with Crippen molar-refractivity contribution in [3.8, 4) is 11.1 Å². The Morgan fingerprint density at radius 3 is 2.73 bits per heavy atom. The van der Waals surface area contributed by atoms with Gasteiger partial charge in [0.2, 0.25) is 0 Å². The molecule has 0 saturated heterocycles. The zero-order chi connectivity index (χ0) is 11.0. The molecule has 0 spiro atoms. The number of nitrogens with zero attached hydrogens (tertiary/aromatic N) is 2. The fourth-order valence-corrected chi connectivity index (χ4v) is 1.84. The van der Waals surface area contributed by atoms with Crippen LogP contribution in [-0.4, -0.2) is 9.78 Å². The molecule has 0 aliphatic carbocycles. The number of hydrogen-bond donors (Lipinski definition) is 1. The van der Waals surface area contributed by atoms with E-state index in [9.17, 15) is 4.39 Å². The van der Waals surface area contributed by atoms with Crippen LogP contribution < -0.4 is 5.73 Å². The van der Waals surface area contributed by atoms with Gasteiger partial charge in [0.25, 0.3) is 0 Å². The van der Waals surface area contributed by atoms with Crippen LogP contribution in [0.25, 0.3) is 11.1 Å². The van der Waals surface area contributed by atoms with Gasteiger partial charge in [-0.1, -0.05) is 12.1 Å². The lowest BCUT2D eigenvalue weighted by Crippen LogP contribution is -1.98. The standard InChI is InChI=1S/C10H9BrFN3/c1-15-10(13)7(5-14-15)6-3-2-4-8(12)9(6)11/h2-5H,13H2,1H3. The molecule has 0 atom stereocenters. The maximum Gasteiger partial charge on any atom is 0.138 e. The average Bonchev–Trinajstić information content (AvgIpc) is 2.53. The zero-order valence-electron chi connectivity index (χ0n) is 8.04. The van der Waals surface area contributed by atoms with Crippen molar-refractivity contribution in [1.29, 1.82) is 0 Å². The Bertz CT molecular complexity index is 507. The lowest BCUT2D eigenvalue weighted by molar-refractivity contribution is 0.622. The maximum atomic E-state index is 13.3. The van der Waals surface area contributed by atoms with Crippen molar-refractivity contribution in [2.75, 3.05) is 5.73 Å². The predicted octanol–water partition coefficient (Wildman–Crippen LogP) is 2.57. The first-order valence-corrected chi connectivity index (χ1v) is 5.12. The van der Waals surface area contributed by atoms with Crippen molar-refractivity contribution >= 4 is 21.7 Å². The van der Waals surface area contributed by atoms with Gasteiger partial charge in [-0.25, -0.2) is 4.39 Å². The molecule has 1 heterocycles. The highest BCUT2D eigenvalue weighted by Gasteiger charge is 2.12. The van der Waals surface area contributed by atoms with Crippen LogP contribution in [0.1, 0.15) is 0 Å². The predicted molar refractivity (Wildman–Crippen MR) is 60.7 cm³/mol. The van der Waals surface area contributed by atoms with Crippen LogP contribution in [-0.2, 0) is 7.05 Å². The van der Waals surface area contributed by atoms with E-state index in [1.54, 1.807) is 30.1 Å². The van der Waals surface area contributed by atoms with Gasteiger partial charge < -0.3 is 5.73 Å². The topological polar surface area (TPSA) is 43.8 Å². The van der Waals surface area contributed by atoms with Crippen molar-refractivity contribution in [3.63, 3.8) is 0 Å². The first kappa shape index (κ1) is 10.2. The molecule has 0 fully saturated rings. The van der Waals surface area contributed by atoms with E-state index in [1.807, 2.05) is 0 Å². The van der Waals surface area contributed by atoms with Gasteiger partial charge in [0.05, 0.1) is 10.7 Å². The number of benzene rings is 1. The smallest absolute Gasteiger partial charge is 0.138 e. The highest BCUT2D eigenvalue weighted by molar-refractivity contribution is 9.10. The Labute approximate surface area is 94.8 Å². The number of nitrogens with two attached hydrogens (primary N) is 1. The summed E-state index contributed by atoms with van der Waals surface area (Å²) >= 11 is 3.19. The minimum atomic E-state index is -0.309. The van der Waals surface area contributed by atoms with E-state index < -0.39 is 0 Å². The molecule has 0 amide bonds. The summed E-state index contributed by atoms with van der Waals surface area (Å²) in [5.41, 5.74) is 7.25. The van der Waals surface area contributed by atoms with E-state index in [2.05, 4.69) is 21.0 Å². The van der Waals surface area contributed by atoms with E-state index >= 15 is 0 Å². The Morgan fingerprint density at radius 2 is 2.13 bits per heavy atom. The van der Waals surface area contributed by atoms with Crippen LogP contribution in [0.4, 0.5) is 10.2 Å². The summed E-state index contributed by atoms with van der Waals surface area (Å²) < 4.78 is 15.2. The van der Waals surface area contributed by atoms with E-state index in [1.165, 1.54) is 6.07 Å². The van der Waals surface area contributed by atoms with Gasteiger partial charge >= 0.3 is 0 Å². The summed E-state index contributed by atoms with van der Waals surface area (Å²) in [6.07, 6.45) is 1.62. The van der Waals surface area contributed by atoms with Gasteiger partial charge in [-0.15, -0.1) is 0 Å². The third-order valence-corrected chi connectivity index (χ3v) is 3.03. The molecule has 0 radical (unpaired) electrons. The molecule has 0 aliphatic heterocycles. The SMILES string of the molecule is Cn1ncc(-c2cccc(F)c2Br)c1N. The van der Waals surface area contributed by atoms with Crippen LogP contribution in [0.5, 0.6) is 0 Å². The van der Waals surface area contributed by atoms with E-state index in [0.29, 0.717) is 15.9 Å². The monoisotopic (exact) mass is 269 g/mol. The second-order valence-electron chi connectivity index (χ2n) is 3.17. The summed E-state index contributed by atoms with van der Waals surface area (Å²) in [5, 5.41) is 4.01. The van der Waals surface area contributed by atoms with Gasteiger partial charge in [-0.3, -0.25) is 4.68 Å². The average molecular weight is 270 g/mol. The molecule has 1 aromatic carbocycles. The van der Waals surface area contributed by atoms with Gasteiger partial charge in [0, 0.05) is 18.2 Å². The van der Waals surface area contributed by atoms with Crippen molar-refractivity contribution in [2.24, 2.45) is 7.05 Å². The second kappa shape index (κ2) is 3.66. The Balaban J connectivity index is 2.64. The fraction of sp³-hybridized carbons (Fsp3) is 0.100. The van der Waals surface area contributed by atoms with E-state index in [4.69, 9.17) is 5.73 Å². The summed E-state index contributed by atoms with van der Waals surface area (Å²) in [6.45, 7) is 0. The molecule has 2 aromatic rings. The van der Waals surface area contributed by atoms with Gasteiger partial charge in [-0.2, -0.15) is 5.10 Å². The van der Waals surface area contributed by atoms with Crippen LogP contribution in [0, 0.1) is 5.82 Å². The zero-order valence-corrected chi connectivity index (χ0v) is 9.62. The molecule has 1 aromatic heterocycles. The molecule has 2 N–H and O–H groups in total. The normalized spacial score (nSPS) is 10.6. The number of anilines is 1. The lowest BCUT2D eigenvalue weighted by Gasteiger charge is -2.04. The highest BCUT2D eigenvalue weighted by Crippen LogP contribution is 2.33. The second-order valence-corrected chi connectivity index (χ2v) is 3.96. The van der Waals surface area contributed by atoms with E-state index in [0.717, 1.165) is 5.56 Å². The van der Waals surface area contributed by atoms with Crippen molar-refractivity contribution in [2.45, 2.75) is 0 Å². The fourth-order valence-electron chi connectivity index (χ4n) is 1.37. The molecule has 0 saturated carbocycles. The summed E-state index contributed by atoms with van der Waals surface area (Å²) in [7, 11) is 1.74. The number of aryl methyl sites for hydroxylation is 1. The molecule has 2 rings (SSSR count). The van der Waals surface area contributed by atoms with Crippen molar-refractivity contribution < 1.29 is 4.39 Å². The lowest BCUT2D eigenvalue weighted by atomic mass is 10.1. The van der Waals surface area contributed by atoms with Crippen LogP contribution in [0.2, 0.25) is 0 Å². The molecular weight excluding hydrogens is 261 g/mol. The first-order chi connectivity index (χ1) is 7.11. The van der Waals surface area contributed by atoms with E-state index in [-0.39, 0.29) is 5.82 Å². The molecule has 3 nitrogen and oxygen atoms in total. The summed E-state index contributed by atoms with van der Waals surface area (Å²) in [4.78, 5) is 0. The Hall–Kier alpha value is -1.36.